The average Bonchev–Trinajstić information content (AvgIpc) is 3.00. The van der Waals surface area contributed by atoms with Crippen LogP contribution in [-0.2, 0) is 11.3 Å². The van der Waals surface area contributed by atoms with Gasteiger partial charge in [0.1, 0.15) is 11.4 Å². The van der Waals surface area contributed by atoms with Gasteiger partial charge in [-0.05, 0) is 36.8 Å². The molecule has 0 saturated carbocycles. The minimum Gasteiger partial charge on any atom is -0.497 e. The number of aromatic amines is 1. The molecule has 5 nitrogen and oxygen atoms in total. The molecular weight excluding hydrogens is 268 g/mol. The third kappa shape index (κ3) is 3.86. The number of aromatic nitrogens is 1. The van der Waals surface area contributed by atoms with E-state index >= 15 is 0 Å². The fourth-order valence-corrected chi connectivity index (χ4v) is 2.06. The number of nitrogens with one attached hydrogen (secondary N) is 2. The summed E-state index contributed by atoms with van der Waals surface area (Å²) < 4.78 is 9.89. The van der Waals surface area contributed by atoms with E-state index in [1.807, 2.05) is 24.3 Å². The topological polar surface area (TPSA) is 63.4 Å². The van der Waals surface area contributed by atoms with Crippen molar-refractivity contribution in [1.29, 1.82) is 0 Å². The van der Waals surface area contributed by atoms with Gasteiger partial charge in [0.15, 0.2) is 0 Å². The molecule has 112 valence electrons. The van der Waals surface area contributed by atoms with E-state index in [1.54, 1.807) is 13.2 Å². The highest BCUT2D eigenvalue weighted by Crippen LogP contribution is 2.19. The van der Waals surface area contributed by atoms with Crippen LogP contribution in [0.5, 0.6) is 5.75 Å². The van der Waals surface area contributed by atoms with Crippen molar-refractivity contribution >= 4 is 5.97 Å². The first-order valence-electron chi connectivity index (χ1n) is 6.77. The molecule has 0 saturated heterocycles. The Hall–Kier alpha value is -2.27. The van der Waals surface area contributed by atoms with Crippen LogP contribution in [0.4, 0.5) is 0 Å². The zero-order valence-corrected chi connectivity index (χ0v) is 12.5. The molecule has 0 spiro atoms. The summed E-state index contributed by atoms with van der Waals surface area (Å²) in [6.45, 7) is 2.72. The number of carbonyl (C=O) groups is 1. The molecule has 2 rings (SSSR count). The number of benzene rings is 1. The van der Waals surface area contributed by atoms with Crippen molar-refractivity contribution in [1.82, 2.24) is 10.3 Å². The quantitative estimate of drug-likeness (QED) is 0.802. The van der Waals surface area contributed by atoms with E-state index in [4.69, 9.17) is 4.74 Å². The van der Waals surface area contributed by atoms with Crippen molar-refractivity contribution in [3.05, 3.63) is 53.3 Å². The maximum atomic E-state index is 11.4. The molecule has 0 amide bonds. The highest BCUT2D eigenvalue weighted by molar-refractivity contribution is 5.87. The Kier molecular flexibility index (Phi) is 5.00. The molecule has 1 unspecified atom stereocenters. The van der Waals surface area contributed by atoms with Crippen LogP contribution in [0, 0.1) is 0 Å². The normalized spacial score (nSPS) is 12.0. The number of rotatable bonds is 6. The highest BCUT2D eigenvalue weighted by Gasteiger charge is 2.10. The van der Waals surface area contributed by atoms with E-state index in [9.17, 15) is 4.79 Å². The summed E-state index contributed by atoms with van der Waals surface area (Å²) in [7, 11) is 3.02. The summed E-state index contributed by atoms with van der Waals surface area (Å²) in [5.74, 6) is 0.482. The monoisotopic (exact) mass is 288 g/mol. The SMILES string of the molecule is COC(=O)c1ccc(CNC(C)c2cccc(OC)c2)[nH]1. The van der Waals surface area contributed by atoms with Gasteiger partial charge in [-0.3, -0.25) is 0 Å². The summed E-state index contributed by atoms with van der Waals surface area (Å²) in [6.07, 6.45) is 0. The van der Waals surface area contributed by atoms with Crippen molar-refractivity contribution in [2.24, 2.45) is 0 Å². The second kappa shape index (κ2) is 6.95. The van der Waals surface area contributed by atoms with Gasteiger partial charge in [0.25, 0.3) is 0 Å². The number of carbonyl (C=O) groups excluding carboxylic acids is 1. The Balaban J connectivity index is 1.95. The summed E-state index contributed by atoms with van der Waals surface area (Å²) in [5, 5.41) is 3.40. The number of methoxy groups -OCH3 is 2. The van der Waals surface area contributed by atoms with Gasteiger partial charge < -0.3 is 19.8 Å². The molecule has 2 N–H and O–H groups in total. The summed E-state index contributed by atoms with van der Waals surface area (Å²) in [6, 6.07) is 11.7. The largest absolute Gasteiger partial charge is 0.497 e. The van der Waals surface area contributed by atoms with E-state index in [2.05, 4.69) is 28.0 Å². The van der Waals surface area contributed by atoms with Crippen LogP contribution in [-0.4, -0.2) is 25.2 Å². The summed E-state index contributed by atoms with van der Waals surface area (Å²) in [4.78, 5) is 14.4. The molecule has 1 heterocycles. The van der Waals surface area contributed by atoms with Crippen LogP contribution < -0.4 is 10.1 Å². The number of ether oxygens (including phenoxy) is 2. The predicted molar refractivity (Wildman–Crippen MR) is 80.4 cm³/mol. The fourth-order valence-electron chi connectivity index (χ4n) is 2.06. The molecule has 1 atom stereocenters. The molecule has 2 aromatic rings. The molecule has 21 heavy (non-hydrogen) atoms. The Morgan fingerprint density at radius 2 is 2.10 bits per heavy atom. The van der Waals surface area contributed by atoms with E-state index in [0.717, 1.165) is 17.0 Å². The smallest absolute Gasteiger partial charge is 0.354 e. The molecule has 5 heteroatoms. The van der Waals surface area contributed by atoms with Crippen LogP contribution in [0.1, 0.15) is 34.7 Å². The average molecular weight is 288 g/mol. The molecule has 0 radical (unpaired) electrons. The minimum absolute atomic E-state index is 0.171. The first-order valence-corrected chi connectivity index (χ1v) is 6.77. The Morgan fingerprint density at radius 1 is 1.29 bits per heavy atom. The van der Waals surface area contributed by atoms with Gasteiger partial charge in [-0.2, -0.15) is 0 Å². The maximum Gasteiger partial charge on any atom is 0.354 e. The van der Waals surface area contributed by atoms with Crippen LogP contribution in [0.25, 0.3) is 0 Å². The van der Waals surface area contributed by atoms with Gasteiger partial charge in [-0.1, -0.05) is 12.1 Å². The maximum absolute atomic E-state index is 11.4. The molecule has 0 aliphatic rings. The van der Waals surface area contributed by atoms with Crippen LogP contribution in [0.15, 0.2) is 36.4 Å². The predicted octanol–water partition coefficient (Wildman–Crippen LogP) is 2.66. The van der Waals surface area contributed by atoms with Crippen LogP contribution in [0.3, 0.4) is 0 Å². The Morgan fingerprint density at radius 3 is 2.81 bits per heavy atom. The van der Waals surface area contributed by atoms with Gasteiger partial charge in [0.2, 0.25) is 0 Å². The lowest BCUT2D eigenvalue weighted by Gasteiger charge is -2.14. The minimum atomic E-state index is -0.359. The number of hydrogen-bond donors (Lipinski definition) is 2. The first kappa shape index (κ1) is 15.1. The molecule has 0 fully saturated rings. The Bertz CT molecular complexity index is 607. The molecule has 0 aliphatic heterocycles. The third-order valence-electron chi connectivity index (χ3n) is 3.34. The van der Waals surface area contributed by atoms with Crippen molar-refractivity contribution in [2.45, 2.75) is 19.5 Å². The number of hydrogen-bond acceptors (Lipinski definition) is 4. The van der Waals surface area contributed by atoms with Crippen molar-refractivity contribution in [2.75, 3.05) is 14.2 Å². The van der Waals surface area contributed by atoms with Gasteiger partial charge >= 0.3 is 5.97 Å². The van der Waals surface area contributed by atoms with E-state index in [0.29, 0.717) is 12.2 Å². The van der Waals surface area contributed by atoms with E-state index in [-0.39, 0.29) is 12.0 Å². The summed E-state index contributed by atoms with van der Waals surface area (Å²) in [5.41, 5.74) is 2.54. The molecule has 0 aliphatic carbocycles. The van der Waals surface area contributed by atoms with Gasteiger partial charge in [-0.15, -0.1) is 0 Å². The molecule has 1 aromatic carbocycles. The molecular formula is C16H20N2O3. The van der Waals surface area contributed by atoms with Crippen LogP contribution in [0.2, 0.25) is 0 Å². The molecule has 0 bridgehead atoms. The van der Waals surface area contributed by atoms with Gasteiger partial charge in [0, 0.05) is 18.3 Å². The second-order valence-electron chi connectivity index (χ2n) is 4.77. The lowest BCUT2D eigenvalue weighted by atomic mass is 10.1. The number of H-pyrrole nitrogens is 1. The van der Waals surface area contributed by atoms with Crippen molar-refractivity contribution < 1.29 is 14.3 Å². The van der Waals surface area contributed by atoms with E-state index in [1.165, 1.54) is 7.11 Å². The first-order chi connectivity index (χ1) is 10.1. The second-order valence-corrected chi connectivity index (χ2v) is 4.77. The van der Waals surface area contributed by atoms with Crippen molar-refractivity contribution in [3.63, 3.8) is 0 Å². The van der Waals surface area contributed by atoms with Gasteiger partial charge in [0.05, 0.1) is 14.2 Å². The van der Waals surface area contributed by atoms with Crippen LogP contribution >= 0.6 is 0 Å². The number of esters is 1. The lowest BCUT2D eigenvalue weighted by Crippen LogP contribution is -2.18. The highest BCUT2D eigenvalue weighted by atomic mass is 16.5. The fraction of sp³-hybridized carbons (Fsp3) is 0.312. The third-order valence-corrected chi connectivity index (χ3v) is 3.34. The van der Waals surface area contributed by atoms with E-state index < -0.39 is 0 Å². The van der Waals surface area contributed by atoms with Gasteiger partial charge in [-0.25, -0.2) is 4.79 Å². The Labute approximate surface area is 124 Å². The molecule has 1 aromatic heterocycles. The zero-order valence-electron chi connectivity index (χ0n) is 12.5. The standard InChI is InChI=1S/C16H20N2O3/c1-11(12-5-4-6-14(9-12)20-2)17-10-13-7-8-15(18-13)16(19)21-3/h4-9,11,17-18H,10H2,1-3H3. The van der Waals surface area contributed by atoms with Crippen molar-refractivity contribution in [3.8, 4) is 5.75 Å². The lowest BCUT2D eigenvalue weighted by molar-refractivity contribution is 0.0594. The zero-order chi connectivity index (χ0) is 15.2. The summed E-state index contributed by atoms with van der Waals surface area (Å²) >= 11 is 0.